The van der Waals surface area contributed by atoms with Crippen LogP contribution in [0.15, 0.2) is 81.0 Å². The molecule has 1 heterocycles. The van der Waals surface area contributed by atoms with E-state index in [0.717, 1.165) is 15.7 Å². The van der Waals surface area contributed by atoms with Crippen LogP contribution in [0.5, 0.6) is 0 Å². The molecule has 0 aliphatic rings. The molecule has 0 aliphatic heterocycles. The van der Waals surface area contributed by atoms with E-state index in [0.29, 0.717) is 35.2 Å². The van der Waals surface area contributed by atoms with E-state index in [1.807, 2.05) is 36.4 Å². The number of aromatic nitrogens is 2. The first-order valence-corrected chi connectivity index (χ1v) is 12.8. The minimum atomic E-state index is -0.311. The van der Waals surface area contributed by atoms with E-state index in [2.05, 4.69) is 52.3 Å². The monoisotopic (exact) mass is 563 g/mol. The maximum atomic E-state index is 13.1. The number of fused-ring (bicyclic) bond motifs is 1. The molecule has 1 amide bonds. The number of guanidine groups is 1. The maximum Gasteiger partial charge on any atom is 0.326 e. The second-order valence-corrected chi connectivity index (χ2v) is 10.6. The number of nitrogens with one attached hydrogen (secondary N) is 3. The van der Waals surface area contributed by atoms with E-state index in [9.17, 15) is 14.7 Å². The van der Waals surface area contributed by atoms with Crippen LogP contribution in [-0.4, -0.2) is 33.1 Å². The van der Waals surface area contributed by atoms with E-state index in [1.165, 1.54) is 0 Å². The lowest BCUT2D eigenvalue weighted by atomic mass is 9.86. The van der Waals surface area contributed by atoms with Crippen molar-refractivity contribution in [2.75, 3.05) is 11.9 Å². The number of aliphatic imine (C=N–C) groups is 1. The molecule has 192 valence electrons. The molecule has 0 fully saturated rings. The molecule has 4 rings (SSSR count). The maximum absolute atomic E-state index is 13.1. The highest BCUT2D eigenvalue weighted by atomic mass is 79.9. The molecule has 0 radical (unpaired) electrons. The smallest absolute Gasteiger partial charge is 0.326 e. The zero-order valence-electron chi connectivity index (χ0n) is 21.0. The second-order valence-electron chi connectivity index (χ2n) is 9.70. The standard InChI is InChI=1S/C28H30BrN5O3/c1-28(2,3)21-7-4-5-8-22(21)31-26(33-25(36)18-9-11-19(29)12-10-18)30-20-13-14-23-24(17-20)34(15-6-16-35)27(37)32-23/h4-5,7-14,17,35H,6,15-16H2,1-3H3,(H,32,37)(H2,30,31,33,36). The van der Waals surface area contributed by atoms with Crippen molar-refractivity contribution in [3.8, 4) is 0 Å². The molecule has 1 aromatic heterocycles. The fourth-order valence-electron chi connectivity index (χ4n) is 4.01. The topological polar surface area (TPSA) is 112 Å². The number of benzene rings is 3. The van der Waals surface area contributed by atoms with Gasteiger partial charge < -0.3 is 15.4 Å². The predicted molar refractivity (Wildman–Crippen MR) is 152 cm³/mol. The number of anilines is 1. The first-order chi connectivity index (χ1) is 17.7. The quantitative estimate of drug-likeness (QED) is 0.188. The van der Waals surface area contributed by atoms with Crippen LogP contribution in [-0.2, 0) is 12.0 Å². The summed E-state index contributed by atoms with van der Waals surface area (Å²) in [7, 11) is 0. The van der Waals surface area contributed by atoms with E-state index in [-0.39, 0.29) is 29.6 Å². The van der Waals surface area contributed by atoms with Crippen molar-refractivity contribution >= 4 is 50.2 Å². The number of hydrogen-bond donors (Lipinski definition) is 4. The van der Waals surface area contributed by atoms with Gasteiger partial charge >= 0.3 is 5.69 Å². The van der Waals surface area contributed by atoms with Gasteiger partial charge in [-0.25, -0.2) is 9.79 Å². The van der Waals surface area contributed by atoms with Gasteiger partial charge in [-0.05, 0) is 65.9 Å². The Balaban J connectivity index is 1.74. The molecule has 0 saturated carbocycles. The number of aliphatic hydroxyl groups is 1. The van der Waals surface area contributed by atoms with Crippen LogP contribution in [0, 0.1) is 0 Å². The Bertz CT molecular complexity index is 1500. The Labute approximate surface area is 223 Å². The molecule has 0 spiro atoms. The summed E-state index contributed by atoms with van der Waals surface area (Å²) in [6.07, 6.45) is 0.462. The van der Waals surface area contributed by atoms with Crippen LogP contribution in [0.3, 0.4) is 0 Å². The van der Waals surface area contributed by atoms with Crippen LogP contribution >= 0.6 is 15.9 Å². The largest absolute Gasteiger partial charge is 0.396 e. The fraction of sp³-hybridized carbons (Fsp3) is 0.250. The van der Waals surface area contributed by atoms with Crippen molar-refractivity contribution in [2.24, 2.45) is 4.99 Å². The predicted octanol–water partition coefficient (Wildman–Crippen LogP) is 5.30. The summed E-state index contributed by atoms with van der Waals surface area (Å²) in [6.45, 7) is 6.71. The SMILES string of the molecule is CC(C)(C)c1ccccc1N=C(NC(=O)c1ccc(Br)cc1)Nc1ccc2[nH]c(=O)n(CCCO)c2c1. The summed E-state index contributed by atoms with van der Waals surface area (Å²) >= 11 is 3.39. The third-order valence-electron chi connectivity index (χ3n) is 5.86. The van der Waals surface area contributed by atoms with E-state index in [1.54, 1.807) is 34.9 Å². The minimum Gasteiger partial charge on any atom is -0.396 e. The number of halogens is 1. The number of hydrogen-bond acceptors (Lipinski definition) is 4. The Morgan fingerprint density at radius 3 is 2.51 bits per heavy atom. The lowest BCUT2D eigenvalue weighted by molar-refractivity contribution is 0.0977. The number of carbonyl (C=O) groups excluding carboxylic acids is 1. The van der Waals surface area contributed by atoms with Gasteiger partial charge in [0, 0.05) is 28.9 Å². The molecule has 0 bridgehead atoms. The highest BCUT2D eigenvalue weighted by molar-refractivity contribution is 9.10. The van der Waals surface area contributed by atoms with Crippen LogP contribution in [0.4, 0.5) is 11.4 Å². The molecular weight excluding hydrogens is 534 g/mol. The number of aromatic amines is 1. The summed E-state index contributed by atoms with van der Waals surface area (Å²) in [4.78, 5) is 33.1. The van der Waals surface area contributed by atoms with Crippen molar-refractivity contribution in [2.45, 2.75) is 39.2 Å². The van der Waals surface area contributed by atoms with Crippen molar-refractivity contribution < 1.29 is 9.90 Å². The molecule has 4 N–H and O–H groups in total. The van der Waals surface area contributed by atoms with Crippen molar-refractivity contribution in [3.63, 3.8) is 0 Å². The van der Waals surface area contributed by atoms with Gasteiger partial charge in [0.15, 0.2) is 0 Å². The molecule has 0 saturated heterocycles. The van der Waals surface area contributed by atoms with Crippen LogP contribution in [0.1, 0.15) is 43.1 Å². The number of para-hydroxylation sites is 1. The first-order valence-electron chi connectivity index (χ1n) is 12.0. The lowest BCUT2D eigenvalue weighted by Crippen LogP contribution is -2.36. The van der Waals surface area contributed by atoms with Gasteiger partial charge in [0.05, 0.1) is 16.7 Å². The number of imidazole rings is 1. The van der Waals surface area contributed by atoms with Gasteiger partial charge in [0.2, 0.25) is 5.96 Å². The highest BCUT2D eigenvalue weighted by Gasteiger charge is 2.19. The molecule has 9 heteroatoms. The van der Waals surface area contributed by atoms with Gasteiger partial charge in [-0.3, -0.25) is 14.7 Å². The molecule has 8 nitrogen and oxygen atoms in total. The van der Waals surface area contributed by atoms with Crippen molar-refractivity contribution in [3.05, 3.63) is 92.8 Å². The number of aliphatic hydroxyl groups excluding tert-OH is 1. The Morgan fingerprint density at radius 2 is 1.81 bits per heavy atom. The molecule has 37 heavy (non-hydrogen) atoms. The third-order valence-corrected chi connectivity index (χ3v) is 6.39. The molecule has 0 unspecified atom stereocenters. The molecule has 3 aromatic carbocycles. The summed E-state index contributed by atoms with van der Waals surface area (Å²) in [5, 5.41) is 15.4. The number of amides is 1. The molecular formula is C28H30BrN5O3. The van der Waals surface area contributed by atoms with Gasteiger partial charge in [-0.15, -0.1) is 0 Å². The Morgan fingerprint density at radius 1 is 1.08 bits per heavy atom. The van der Waals surface area contributed by atoms with Crippen LogP contribution in [0.2, 0.25) is 0 Å². The first kappa shape index (κ1) is 26.4. The van der Waals surface area contributed by atoms with Gasteiger partial charge in [0.25, 0.3) is 5.91 Å². The molecule has 0 aliphatic carbocycles. The van der Waals surface area contributed by atoms with Crippen LogP contribution in [0.25, 0.3) is 11.0 Å². The van der Waals surface area contributed by atoms with Crippen LogP contribution < -0.4 is 16.3 Å². The van der Waals surface area contributed by atoms with E-state index in [4.69, 9.17) is 4.99 Å². The molecule has 4 aromatic rings. The zero-order chi connectivity index (χ0) is 26.6. The number of aryl methyl sites for hydroxylation is 1. The summed E-state index contributed by atoms with van der Waals surface area (Å²) in [5.74, 6) is -0.0571. The number of carbonyl (C=O) groups is 1. The van der Waals surface area contributed by atoms with Gasteiger partial charge in [0.1, 0.15) is 0 Å². The summed E-state index contributed by atoms with van der Waals surface area (Å²) < 4.78 is 2.46. The fourth-order valence-corrected chi connectivity index (χ4v) is 4.28. The average Bonchev–Trinajstić information content (AvgIpc) is 3.16. The average molecular weight is 564 g/mol. The summed E-state index contributed by atoms with van der Waals surface area (Å²) in [6, 6.07) is 20.3. The summed E-state index contributed by atoms with van der Waals surface area (Å²) in [5.41, 5.74) is 3.88. The third kappa shape index (κ3) is 6.36. The Hall–Kier alpha value is -3.69. The number of nitrogens with zero attached hydrogens (tertiary/aromatic N) is 2. The van der Waals surface area contributed by atoms with Crippen molar-refractivity contribution in [1.82, 2.24) is 14.9 Å². The normalized spacial score (nSPS) is 12.1. The van der Waals surface area contributed by atoms with E-state index < -0.39 is 0 Å². The lowest BCUT2D eigenvalue weighted by Gasteiger charge is -2.21. The van der Waals surface area contributed by atoms with Crippen molar-refractivity contribution in [1.29, 1.82) is 0 Å². The van der Waals surface area contributed by atoms with Gasteiger partial charge in [-0.1, -0.05) is 54.9 Å². The van der Waals surface area contributed by atoms with E-state index >= 15 is 0 Å². The minimum absolute atomic E-state index is 0.0108. The zero-order valence-corrected chi connectivity index (χ0v) is 22.6. The second kappa shape index (κ2) is 11.1. The Kier molecular flexibility index (Phi) is 7.94. The number of rotatable bonds is 6. The number of H-pyrrole nitrogens is 1. The molecule has 0 atom stereocenters. The highest BCUT2D eigenvalue weighted by Crippen LogP contribution is 2.31. The van der Waals surface area contributed by atoms with Gasteiger partial charge in [-0.2, -0.15) is 0 Å².